The van der Waals surface area contributed by atoms with E-state index in [0.717, 1.165) is 23.1 Å². The second kappa shape index (κ2) is 6.82. The third-order valence-corrected chi connectivity index (χ3v) is 2.10. The molecule has 0 spiro atoms. The number of hydrogen-bond acceptors (Lipinski definition) is 2. The van der Waals surface area contributed by atoms with Gasteiger partial charge >= 0.3 is 0 Å². The van der Waals surface area contributed by atoms with E-state index in [1.54, 1.807) is 6.07 Å². The molecule has 1 heterocycles. The van der Waals surface area contributed by atoms with Gasteiger partial charge in [-0.05, 0) is 18.5 Å². The summed E-state index contributed by atoms with van der Waals surface area (Å²) in [4.78, 5) is 4.15. The molecule has 0 aliphatic heterocycles. The van der Waals surface area contributed by atoms with Crippen molar-refractivity contribution >= 4 is 22.4 Å². The van der Waals surface area contributed by atoms with Crippen LogP contribution in [0.15, 0.2) is 30.3 Å². The summed E-state index contributed by atoms with van der Waals surface area (Å²) in [6.07, 6.45) is 0. The predicted octanol–water partition coefficient (Wildman–Crippen LogP) is 3.80. The Balaban J connectivity index is 0.00000112. The average Bonchev–Trinajstić information content (AvgIpc) is 2.18. The second-order valence-corrected chi connectivity index (χ2v) is 3.10. The predicted molar refractivity (Wildman–Crippen MR) is 66.3 cm³/mol. The minimum Gasteiger partial charge on any atom is -0.482 e. The number of aromatic nitrogens is 1. The summed E-state index contributed by atoms with van der Waals surface area (Å²) in [5.74, 6) is 0.311. The van der Waals surface area contributed by atoms with Gasteiger partial charge in [-0.3, -0.25) is 0 Å². The number of hydrogen-bond donors (Lipinski definition) is 1. The molecule has 3 nitrogen and oxygen atoms in total. The van der Waals surface area contributed by atoms with Crippen LogP contribution in [0.1, 0.15) is 6.92 Å². The van der Waals surface area contributed by atoms with Crippen molar-refractivity contribution in [3.05, 3.63) is 43.5 Å². The van der Waals surface area contributed by atoms with Gasteiger partial charge in [0.2, 0.25) is 0 Å². The van der Waals surface area contributed by atoms with Crippen LogP contribution in [0.25, 0.3) is 16.6 Å². The molecule has 0 atom stereocenters. The zero-order valence-electron chi connectivity index (χ0n) is 9.62. The molecular weight excluding hydrogens is 275 g/mol. The Bertz CT molecular complexity index is 457. The quantitative estimate of drug-likeness (QED) is 0.855. The Morgan fingerprint density at radius 2 is 2.00 bits per heavy atom. The first-order valence-corrected chi connectivity index (χ1v) is 4.66. The number of rotatable bonds is 2. The maximum absolute atomic E-state index is 7.42. The molecule has 0 aliphatic carbocycles. The van der Waals surface area contributed by atoms with Gasteiger partial charge in [0.25, 0.3) is 0 Å². The summed E-state index contributed by atoms with van der Waals surface area (Å²) in [5.41, 5.74) is 9.37. The molecule has 16 heavy (non-hydrogen) atoms. The van der Waals surface area contributed by atoms with Crippen molar-refractivity contribution in [1.82, 2.24) is 4.98 Å². The molecule has 4 heteroatoms. The molecule has 0 aliphatic rings. The van der Waals surface area contributed by atoms with Crippen LogP contribution in [0.5, 0.6) is 0 Å². The molecular formula is C12H15N3Y-2. The van der Waals surface area contributed by atoms with E-state index in [9.17, 15) is 0 Å². The monoisotopic (exact) mass is 290 g/mol. The van der Waals surface area contributed by atoms with Crippen LogP contribution in [-0.4, -0.2) is 11.5 Å². The van der Waals surface area contributed by atoms with Crippen molar-refractivity contribution in [3.8, 4) is 0 Å². The number of anilines is 1. The Labute approximate surface area is 122 Å². The first-order chi connectivity index (χ1) is 6.81. The van der Waals surface area contributed by atoms with Gasteiger partial charge in [0, 0.05) is 50.3 Å². The maximum atomic E-state index is 7.42. The van der Waals surface area contributed by atoms with E-state index in [0.29, 0.717) is 5.82 Å². The summed E-state index contributed by atoms with van der Waals surface area (Å²) in [5, 5.41) is 4.34. The van der Waals surface area contributed by atoms with Crippen LogP contribution >= 0.6 is 0 Å². The SMILES string of the molecule is CCNc1cccc2nc([NH-])ccc12.[CH3-].[Y]. The van der Waals surface area contributed by atoms with Crippen LogP contribution in [0, 0.1) is 7.43 Å². The average molecular weight is 290 g/mol. The minimum absolute atomic E-state index is 0. The molecule has 1 aromatic carbocycles. The van der Waals surface area contributed by atoms with E-state index in [4.69, 9.17) is 5.73 Å². The molecule has 0 amide bonds. The Morgan fingerprint density at radius 3 is 2.69 bits per heavy atom. The zero-order valence-corrected chi connectivity index (χ0v) is 12.5. The fourth-order valence-corrected chi connectivity index (χ4v) is 1.50. The molecule has 2 aromatic rings. The van der Waals surface area contributed by atoms with E-state index in [1.165, 1.54) is 0 Å². The summed E-state index contributed by atoms with van der Waals surface area (Å²) in [6, 6.07) is 9.55. The van der Waals surface area contributed by atoms with Gasteiger partial charge in [0.1, 0.15) is 0 Å². The van der Waals surface area contributed by atoms with Crippen LogP contribution in [0.4, 0.5) is 11.5 Å². The van der Waals surface area contributed by atoms with Crippen LogP contribution in [0.3, 0.4) is 0 Å². The van der Waals surface area contributed by atoms with Gasteiger partial charge in [0.15, 0.2) is 0 Å². The smallest absolute Gasteiger partial charge is 0.0416 e. The van der Waals surface area contributed by atoms with E-state index >= 15 is 0 Å². The molecule has 1 radical (unpaired) electrons. The van der Waals surface area contributed by atoms with Gasteiger partial charge < -0.3 is 23.5 Å². The molecule has 83 valence electrons. The topological polar surface area (TPSA) is 48.7 Å². The normalized spacial score (nSPS) is 9.06. The van der Waals surface area contributed by atoms with Crippen LogP contribution < -0.4 is 5.32 Å². The van der Waals surface area contributed by atoms with Crippen molar-refractivity contribution in [1.29, 1.82) is 0 Å². The molecule has 0 fully saturated rings. The Morgan fingerprint density at radius 1 is 1.25 bits per heavy atom. The molecule has 0 unspecified atom stereocenters. The third-order valence-electron chi connectivity index (χ3n) is 2.10. The van der Waals surface area contributed by atoms with Gasteiger partial charge in [-0.25, -0.2) is 0 Å². The minimum atomic E-state index is 0. The first kappa shape index (κ1) is 15.3. The summed E-state index contributed by atoms with van der Waals surface area (Å²) in [7, 11) is 0. The standard InChI is InChI=1S/C11H12N3.CH3.Y/c1-2-13-9-4-3-5-10-8(9)6-7-11(12)14-10;;/h3-7,13H,2H2,1H3,(H-,12,14);1H3;/q2*-1;. The molecule has 2 rings (SSSR count). The largest absolute Gasteiger partial charge is 0.482 e. The van der Waals surface area contributed by atoms with Crippen molar-refractivity contribution in [3.63, 3.8) is 0 Å². The van der Waals surface area contributed by atoms with E-state index in [-0.39, 0.29) is 40.1 Å². The number of pyridine rings is 1. The molecule has 0 bridgehead atoms. The maximum Gasteiger partial charge on any atom is 0.0416 e. The first-order valence-electron chi connectivity index (χ1n) is 4.66. The molecule has 1 aromatic heterocycles. The van der Waals surface area contributed by atoms with Crippen LogP contribution in [-0.2, 0) is 32.7 Å². The fourth-order valence-electron chi connectivity index (χ4n) is 1.50. The van der Waals surface area contributed by atoms with E-state index in [2.05, 4.69) is 17.2 Å². The van der Waals surface area contributed by atoms with Gasteiger partial charge in [-0.2, -0.15) is 0 Å². The molecule has 0 saturated carbocycles. The second-order valence-electron chi connectivity index (χ2n) is 3.10. The van der Waals surface area contributed by atoms with Crippen molar-refractivity contribution in [2.24, 2.45) is 0 Å². The summed E-state index contributed by atoms with van der Waals surface area (Å²) < 4.78 is 0. The number of nitrogens with zero attached hydrogens (tertiary/aromatic N) is 1. The number of fused-ring (bicyclic) bond motifs is 1. The zero-order chi connectivity index (χ0) is 9.97. The van der Waals surface area contributed by atoms with Gasteiger partial charge in [0.05, 0.1) is 0 Å². The van der Waals surface area contributed by atoms with E-state index < -0.39 is 0 Å². The fraction of sp³-hybridized carbons (Fsp3) is 0.167. The molecule has 2 N–H and O–H groups in total. The van der Waals surface area contributed by atoms with Gasteiger partial charge in [-0.1, -0.05) is 30.1 Å². The number of nitrogens with one attached hydrogen (secondary N) is 2. The van der Waals surface area contributed by atoms with Crippen molar-refractivity contribution < 1.29 is 32.7 Å². The summed E-state index contributed by atoms with van der Waals surface area (Å²) in [6.45, 7) is 2.95. The Hall–Kier alpha value is -0.666. The van der Waals surface area contributed by atoms with Crippen molar-refractivity contribution in [2.45, 2.75) is 6.92 Å². The van der Waals surface area contributed by atoms with Crippen molar-refractivity contribution in [2.75, 3.05) is 11.9 Å². The number of benzene rings is 1. The van der Waals surface area contributed by atoms with Crippen LogP contribution in [0.2, 0.25) is 0 Å². The van der Waals surface area contributed by atoms with E-state index in [1.807, 2.05) is 24.3 Å². The summed E-state index contributed by atoms with van der Waals surface area (Å²) >= 11 is 0. The third kappa shape index (κ3) is 3.16. The molecule has 0 saturated heterocycles. The van der Waals surface area contributed by atoms with Gasteiger partial charge in [-0.15, -0.1) is 0 Å². The Kier molecular flexibility index (Phi) is 6.53.